The molecule has 0 aliphatic carbocycles. The molecule has 0 aliphatic heterocycles. The molecule has 3 heteroatoms. The molecule has 0 bridgehead atoms. The molecular formula is C13H21NOS. The first-order valence-electron chi connectivity index (χ1n) is 5.72. The highest BCUT2D eigenvalue weighted by Crippen LogP contribution is 2.21. The minimum Gasteiger partial charge on any atom is -0.362 e. The minimum atomic E-state index is 0.236. The van der Waals surface area contributed by atoms with Crippen molar-refractivity contribution in [1.82, 2.24) is 4.98 Å². The second-order valence-electron chi connectivity index (χ2n) is 4.67. The smallest absolute Gasteiger partial charge is 0.174 e. The van der Waals surface area contributed by atoms with Crippen LogP contribution in [0.4, 0.5) is 0 Å². The maximum Gasteiger partial charge on any atom is 0.174 e. The van der Waals surface area contributed by atoms with E-state index in [4.69, 9.17) is 0 Å². The molecular weight excluding hydrogens is 218 g/mol. The van der Waals surface area contributed by atoms with Crippen LogP contribution in [0.2, 0.25) is 0 Å². The van der Waals surface area contributed by atoms with E-state index in [9.17, 15) is 4.79 Å². The molecule has 1 heterocycles. The Morgan fingerprint density at radius 3 is 2.44 bits per heavy atom. The molecule has 0 saturated heterocycles. The Labute approximate surface area is 102 Å². The Hall–Kier alpha value is -0.700. The van der Waals surface area contributed by atoms with Crippen LogP contribution >= 0.6 is 11.8 Å². The second-order valence-corrected chi connectivity index (χ2v) is 6.04. The van der Waals surface area contributed by atoms with Gasteiger partial charge in [0.2, 0.25) is 0 Å². The molecule has 1 aromatic rings. The number of carbonyl (C=O) groups excluding carboxylic acids is 1. The van der Waals surface area contributed by atoms with Gasteiger partial charge >= 0.3 is 0 Å². The maximum absolute atomic E-state index is 12.0. The van der Waals surface area contributed by atoms with Crippen molar-refractivity contribution in [1.29, 1.82) is 0 Å². The van der Waals surface area contributed by atoms with Crippen LogP contribution in [-0.4, -0.2) is 21.8 Å². The molecule has 0 aliphatic rings. The molecule has 0 aromatic carbocycles. The summed E-state index contributed by atoms with van der Waals surface area (Å²) in [5, 5.41) is 0.532. The van der Waals surface area contributed by atoms with Crippen molar-refractivity contribution in [2.45, 2.75) is 39.9 Å². The third kappa shape index (κ3) is 3.41. The molecule has 0 radical (unpaired) electrons. The van der Waals surface area contributed by atoms with Gasteiger partial charge in [0.05, 0.1) is 5.75 Å². The molecule has 1 rings (SSSR count). The first-order valence-corrected chi connectivity index (χ1v) is 6.77. The van der Waals surface area contributed by atoms with Crippen LogP contribution in [0, 0.1) is 19.8 Å². The van der Waals surface area contributed by atoms with E-state index in [1.165, 1.54) is 0 Å². The van der Waals surface area contributed by atoms with E-state index in [-0.39, 0.29) is 5.78 Å². The lowest BCUT2D eigenvalue weighted by molar-refractivity contribution is 0.102. The van der Waals surface area contributed by atoms with Crippen molar-refractivity contribution in [3.05, 3.63) is 23.0 Å². The van der Waals surface area contributed by atoms with Crippen molar-refractivity contribution in [2.24, 2.45) is 5.92 Å². The predicted octanol–water partition coefficient (Wildman–Crippen LogP) is 3.59. The van der Waals surface area contributed by atoms with E-state index in [2.05, 4.69) is 25.8 Å². The van der Waals surface area contributed by atoms with E-state index in [0.29, 0.717) is 16.9 Å². The first kappa shape index (κ1) is 13.4. The molecule has 0 fully saturated rings. The molecule has 1 N–H and O–H groups in total. The van der Waals surface area contributed by atoms with Gasteiger partial charge in [-0.3, -0.25) is 4.79 Å². The lowest BCUT2D eigenvalue weighted by atomic mass is 10.1. The summed E-state index contributed by atoms with van der Waals surface area (Å²) in [7, 11) is 0. The van der Waals surface area contributed by atoms with Crippen molar-refractivity contribution in [2.75, 3.05) is 5.75 Å². The number of aromatic amines is 1. The molecule has 1 atom stereocenters. The molecule has 1 unspecified atom stereocenters. The minimum absolute atomic E-state index is 0.236. The highest BCUT2D eigenvalue weighted by Gasteiger charge is 2.14. The number of hydrogen-bond donors (Lipinski definition) is 1. The van der Waals surface area contributed by atoms with Crippen LogP contribution in [0.5, 0.6) is 0 Å². The number of aromatic nitrogens is 1. The van der Waals surface area contributed by atoms with Crippen LogP contribution in [-0.2, 0) is 0 Å². The Balaban J connectivity index is 2.56. The summed E-state index contributed by atoms with van der Waals surface area (Å²) in [6.45, 7) is 10.5. The highest BCUT2D eigenvalue weighted by atomic mass is 32.2. The Bertz CT molecular complexity index is 368. The number of aryl methyl sites for hydroxylation is 2. The van der Waals surface area contributed by atoms with Gasteiger partial charge in [0.25, 0.3) is 0 Å². The number of H-pyrrole nitrogens is 1. The summed E-state index contributed by atoms with van der Waals surface area (Å²) >= 11 is 1.74. The molecule has 90 valence electrons. The van der Waals surface area contributed by atoms with E-state index >= 15 is 0 Å². The van der Waals surface area contributed by atoms with E-state index in [0.717, 1.165) is 17.0 Å². The van der Waals surface area contributed by atoms with Crippen LogP contribution < -0.4 is 0 Å². The number of carbonyl (C=O) groups is 1. The lowest BCUT2D eigenvalue weighted by Gasteiger charge is -2.13. The number of Topliss-reactive ketones (excluding diaryl/α,β-unsaturated/α-hetero) is 1. The van der Waals surface area contributed by atoms with Gasteiger partial charge in [-0.15, -0.1) is 0 Å². The fourth-order valence-electron chi connectivity index (χ4n) is 1.49. The fourth-order valence-corrected chi connectivity index (χ4v) is 2.45. The second kappa shape index (κ2) is 5.58. The normalized spacial score (nSPS) is 13.1. The zero-order valence-corrected chi connectivity index (χ0v) is 11.6. The van der Waals surface area contributed by atoms with Gasteiger partial charge in [-0.1, -0.05) is 20.8 Å². The highest BCUT2D eigenvalue weighted by molar-refractivity contribution is 8.00. The largest absolute Gasteiger partial charge is 0.362 e. The summed E-state index contributed by atoms with van der Waals surface area (Å²) in [5.74, 6) is 1.43. The van der Waals surface area contributed by atoms with Gasteiger partial charge in [-0.05, 0) is 25.8 Å². The fraction of sp³-hybridized carbons (Fsp3) is 0.615. The third-order valence-electron chi connectivity index (χ3n) is 2.87. The summed E-state index contributed by atoms with van der Waals surface area (Å²) in [6, 6.07) is 1.94. The van der Waals surface area contributed by atoms with Gasteiger partial charge in [0.1, 0.15) is 0 Å². The Morgan fingerprint density at radius 1 is 1.38 bits per heavy atom. The SMILES string of the molecule is Cc1cc(C(=O)CSC(C)C(C)C)c(C)[nH]1. The number of rotatable bonds is 5. The number of ketones is 1. The van der Waals surface area contributed by atoms with Crippen LogP contribution in [0.25, 0.3) is 0 Å². The standard InChI is InChI=1S/C13H21NOS/c1-8(2)11(5)16-7-13(15)12-6-9(3)14-10(12)4/h6,8,11,14H,7H2,1-5H3. The monoisotopic (exact) mass is 239 g/mol. The zero-order valence-electron chi connectivity index (χ0n) is 10.8. The maximum atomic E-state index is 12.0. The van der Waals surface area contributed by atoms with E-state index in [1.807, 2.05) is 19.9 Å². The molecule has 0 saturated carbocycles. The van der Waals surface area contributed by atoms with Crippen molar-refractivity contribution < 1.29 is 4.79 Å². The number of nitrogens with one attached hydrogen (secondary N) is 1. The molecule has 0 amide bonds. The Kier molecular flexibility index (Phi) is 4.66. The number of hydrogen-bond acceptors (Lipinski definition) is 2. The van der Waals surface area contributed by atoms with Gasteiger partial charge in [-0.2, -0.15) is 11.8 Å². The molecule has 2 nitrogen and oxygen atoms in total. The summed E-state index contributed by atoms with van der Waals surface area (Å²) in [4.78, 5) is 15.1. The van der Waals surface area contributed by atoms with E-state index in [1.54, 1.807) is 11.8 Å². The summed E-state index contributed by atoms with van der Waals surface area (Å²) in [6.07, 6.45) is 0. The lowest BCUT2D eigenvalue weighted by Crippen LogP contribution is -2.11. The average Bonchev–Trinajstić information content (AvgIpc) is 2.53. The third-order valence-corrected chi connectivity index (χ3v) is 4.37. The van der Waals surface area contributed by atoms with Crippen LogP contribution in [0.3, 0.4) is 0 Å². The first-order chi connectivity index (χ1) is 7.41. The van der Waals surface area contributed by atoms with Crippen LogP contribution in [0.15, 0.2) is 6.07 Å². The molecule has 16 heavy (non-hydrogen) atoms. The number of thioether (sulfide) groups is 1. The molecule has 1 aromatic heterocycles. The quantitative estimate of drug-likeness (QED) is 0.796. The molecule has 0 spiro atoms. The van der Waals surface area contributed by atoms with Crippen molar-refractivity contribution in [3.8, 4) is 0 Å². The van der Waals surface area contributed by atoms with Gasteiger partial charge in [-0.25, -0.2) is 0 Å². The van der Waals surface area contributed by atoms with Gasteiger partial charge in [0, 0.05) is 22.2 Å². The predicted molar refractivity (Wildman–Crippen MR) is 71.4 cm³/mol. The zero-order chi connectivity index (χ0) is 12.3. The summed E-state index contributed by atoms with van der Waals surface area (Å²) < 4.78 is 0. The van der Waals surface area contributed by atoms with E-state index < -0.39 is 0 Å². The van der Waals surface area contributed by atoms with Crippen molar-refractivity contribution in [3.63, 3.8) is 0 Å². The Morgan fingerprint density at radius 2 is 2.00 bits per heavy atom. The average molecular weight is 239 g/mol. The summed E-state index contributed by atoms with van der Waals surface area (Å²) in [5.41, 5.74) is 2.89. The topological polar surface area (TPSA) is 32.9 Å². The van der Waals surface area contributed by atoms with Gasteiger partial charge < -0.3 is 4.98 Å². The van der Waals surface area contributed by atoms with Crippen LogP contribution in [0.1, 0.15) is 42.5 Å². The van der Waals surface area contributed by atoms with Gasteiger partial charge in [0.15, 0.2) is 5.78 Å². The van der Waals surface area contributed by atoms with Crippen molar-refractivity contribution >= 4 is 17.5 Å².